The van der Waals surface area contributed by atoms with E-state index >= 15 is 0 Å². The summed E-state index contributed by atoms with van der Waals surface area (Å²) in [5.41, 5.74) is 14.8. The Bertz CT molecular complexity index is 4240. The summed E-state index contributed by atoms with van der Waals surface area (Å²) in [4.78, 5) is 0. The average Bonchev–Trinajstić information content (AvgIpc) is 4.12. The fourth-order valence-corrected chi connectivity index (χ4v) is 11.1. The van der Waals surface area contributed by atoms with Crippen molar-refractivity contribution in [2.75, 3.05) is 0 Å². The molecule has 0 aliphatic rings. The topological polar surface area (TPSA) is 51.7 Å². The minimum atomic E-state index is 0.557. The Kier molecular flexibility index (Phi) is 7.69. The van der Waals surface area contributed by atoms with Crippen LogP contribution in [0.3, 0.4) is 0 Å². The molecule has 0 bridgehead atoms. The first kappa shape index (κ1) is 36.4. The van der Waals surface area contributed by atoms with E-state index in [1.54, 1.807) is 0 Å². The SMILES string of the molecule is N#Cc1c(-c2ccccc2)c(-n2c3ccccc3c3ccccc32)c(-c2ccccc2)c(-n2c3ccccc3c3ccccc32)c1-n1c2ccccc2c2ccc3oc4ccccc4c3c21. The van der Waals surface area contributed by atoms with Crippen LogP contribution in [0.2, 0.25) is 0 Å². The van der Waals surface area contributed by atoms with Gasteiger partial charge in [0.05, 0.1) is 61.1 Å². The Morgan fingerprint density at radius 3 is 1.24 bits per heavy atom. The van der Waals surface area contributed by atoms with E-state index in [1.807, 2.05) is 12.1 Å². The molecule has 4 aromatic heterocycles. The largest absolute Gasteiger partial charge is 0.456 e. The molecule has 10 aromatic carbocycles. The van der Waals surface area contributed by atoms with E-state index in [-0.39, 0.29) is 0 Å². The maximum atomic E-state index is 12.4. The predicted molar refractivity (Wildman–Crippen MR) is 272 cm³/mol. The van der Waals surface area contributed by atoms with Crippen molar-refractivity contribution in [3.05, 3.63) is 224 Å². The monoisotopic (exact) mass is 840 g/mol. The zero-order valence-corrected chi connectivity index (χ0v) is 35.5. The lowest BCUT2D eigenvalue weighted by atomic mass is 9.88. The van der Waals surface area contributed by atoms with E-state index in [0.29, 0.717) is 5.56 Å². The number of fused-ring (bicyclic) bond motifs is 13. The number of benzene rings is 10. The normalized spacial score (nSPS) is 11.9. The molecule has 306 valence electrons. The van der Waals surface area contributed by atoms with Gasteiger partial charge < -0.3 is 18.1 Å². The van der Waals surface area contributed by atoms with Crippen molar-refractivity contribution < 1.29 is 4.42 Å². The smallest absolute Gasteiger partial charge is 0.137 e. The van der Waals surface area contributed by atoms with Crippen molar-refractivity contribution in [2.24, 2.45) is 0 Å². The molecule has 66 heavy (non-hydrogen) atoms. The number of para-hydroxylation sites is 6. The molecule has 0 saturated carbocycles. The van der Waals surface area contributed by atoms with Crippen molar-refractivity contribution in [1.29, 1.82) is 5.26 Å². The van der Waals surface area contributed by atoms with Crippen molar-refractivity contribution in [1.82, 2.24) is 13.7 Å². The van der Waals surface area contributed by atoms with E-state index in [2.05, 4.69) is 226 Å². The standard InChI is InChI=1S/C61H36N4O/c62-37-47-55(38-19-3-1-4-20-38)60(63-48-29-13-7-23-40(48)41-24-8-14-30-49(41)63)56(39-21-5-2-6-22-39)61(64-50-31-15-9-25-42(50)43-26-10-16-32-51(43)64)59(47)65-52-33-17-11-27-44(52)45-35-36-54-57(58(45)65)46-28-12-18-34-53(46)66-54/h1-36H. The summed E-state index contributed by atoms with van der Waals surface area (Å²) in [6.07, 6.45) is 0. The molecule has 5 nitrogen and oxygen atoms in total. The Labute approximate surface area is 378 Å². The third-order valence-electron chi connectivity index (χ3n) is 13.7. The van der Waals surface area contributed by atoms with Crippen LogP contribution in [0, 0.1) is 11.3 Å². The number of aromatic nitrogens is 3. The highest BCUT2D eigenvalue weighted by Gasteiger charge is 2.34. The van der Waals surface area contributed by atoms with Gasteiger partial charge in [-0.05, 0) is 59.7 Å². The fourth-order valence-electron chi connectivity index (χ4n) is 11.1. The van der Waals surface area contributed by atoms with Gasteiger partial charge in [0.15, 0.2) is 0 Å². The number of furan rings is 1. The van der Waals surface area contributed by atoms with Gasteiger partial charge >= 0.3 is 0 Å². The molecule has 5 heteroatoms. The fraction of sp³-hybridized carbons (Fsp3) is 0. The highest BCUT2D eigenvalue weighted by molar-refractivity contribution is 6.25. The van der Waals surface area contributed by atoms with Gasteiger partial charge in [0.2, 0.25) is 0 Å². The molecule has 0 aliphatic heterocycles. The van der Waals surface area contributed by atoms with Crippen molar-refractivity contribution in [3.63, 3.8) is 0 Å². The van der Waals surface area contributed by atoms with Gasteiger partial charge in [0.1, 0.15) is 17.2 Å². The molecule has 0 unspecified atom stereocenters. The maximum Gasteiger partial charge on any atom is 0.137 e. The molecule has 0 radical (unpaired) electrons. The van der Waals surface area contributed by atoms with Crippen molar-refractivity contribution in [3.8, 4) is 45.4 Å². The van der Waals surface area contributed by atoms with E-state index < -0.39 is 0 Å². The van der Waals surface area contributed by atoms with Gasteiger partial charge in [0.25, 0.3) is 0 Å². The number of hydrogen-bond donors (Lipinski definition) is 0. The zero-order chi connectivity index (χ0) is 43.5. The van der Waals surface area contributed by atoms with Crippen LogP contribution in [0.25, 0.3) is 127 Å². The molecule has 14 aromatic rings. The summed E-state index contributed by atoms with van der Waals surface area (Å²) in [5, 5.41) is 21.1. The highest BCUT2D eigenvalue weighted by atomic mass is 16.3. The molecule has 0 spiro atoms. The summed E-state index contributed by atoms with van der Waals surface area (Å²) in [6, 6.07) is 80.2. The van der Waals surface area contributed by atoms with Gasteiger partial charge in [-0.25, -0.2) is 0 Å². The molecule has 14 rings (SSSR count). The second-order valence-electron chi connectivity index (χ2n) is 17.0. The van der Waals surface area contributed by atoms with Crippen molar-refractivity contribution in [2.45, 2.75) is 0 Å². The molecule has 0 saturated heterocycles. The van der Waals surface area contributed by atoms with Crippen LogP contribution in [0.4, 0.5) is 0 Å². The summed E-state index contributed by atoms with van der Waals surface area (Å²) in [5.74, 6) is 0. The van der Waals surface area contributed by atoms with Crippen molar-refractivity contribution >= 4 is 87.4 Å². The minimum Gasteiger partial charge on any atom is -0.456 e. The van der Waals surface area contributed by atoms with Crippen LogP contribution in [0.1, 0.15) is 5.56 Å². The maximum absolute atomic E-state index is 12.4. The Hall–Kier alpha value is -9.11. The van der Waals surface area contributed by atoms with E-state index in [9.17, 15) is 5.26 Å². The zero-order valence-electron chi connectivity index (χ0n) is 35.5. The molecule has 0 amide bonds. The average molecular weight is 841 g/mol. The van der Waals surface area contributed by atoms with Gasteiger partial charge in [-0.3, -0.25) is 0 Å². The van der Waals surface area contributed by atoms with Crippen LogP contribution in [-0.4, -0.2) is 13.7 Å². The lowest BCUT2D eigenvalue weighted by molar-refractivity contribution is 0.669. The molecule has 4 heterocycles. The molecule has 0 aliphatic carbocycles. The molecular weight excluding hydrogens is 805 g/mol. The number of rotatable bonds is 5. The van der Waals surface area contributed by atoms with Crippen LogP contribution < -0.4 is 0 Å². The van der Waals surface area contributed by atoms with Crippen LogP contribution in [0.5, 0.6) is 0 Å². The lowest BCUT2D eigenvalue weighted by Crippen LogP contribution is -2.14. The summed E-state index contributed by atoms with van der Waals surface area (Å²) in [6.45, 7) is 0. The predicted octanol–water partition coefficient (Wildman–Crippen LogP) is 16.1. The van der Waals surface area contributed by atoms with Gasteiger partial charge in [0, 0.05) is 48.8 Å². The van der Waals surface area contributed by atoms with Gasteiger partial charge in [-0.15, -0.1) is 0 Å². The third kappa shape index (κ3) is 4.93. The first-order valence-electron chi connectivity index (χ1n) is 22.3. The lowest BCUT2D eigenvalue weighted by Gasteiger charge is -2.28. The van der Waals surface area contributed by atoms with Crippen LogP contribution in [0.15, 0.2) is 223 Å². The second-order valence-corrected chi connectivity index (χ2v) is 17.0. The minimum absolute atomic E-state index is 0.557. The van der Waals surface area contributed by atoms with Gasteiger partial charge in [-0.1, -0.05) is 170 Å². The quantitative estimate of drug-likeness (QED) is 0.173. The van der Waals surface area contributed by atoms with E-state index in [4.69, 9.17) is 4.42 Å². The Morgan fingerprint density at radius 1 is 0.318 bits per heavy atom. The van der Waals surface area contributed by atoms with E-state index in [0.717, 1.165) is 127 Å². The molecular formula is C61H36N4O. The van der Waals surface area contributed by atoms with Crippen LogP contribution in [-0.2, 0) is 0 Å². The number of hydrogen-bond acceptors (Lipinski definition) is 2. The summed E-state index contributed by atoms with van der Waals surface area (Å²) in [7, 11) is 0. The summed E-state index contributed by atoms with van der Waals surface area (Å²) >= 11 is 0. The van der Waals surface area contributed by atoms with Gasteiger partial charge in [-0.2, -0.15) is 5.26 Å². The highest BCUT2D eigenvalue weighted by Crippen LogP contribution is 2.52. The number of nitrogens with zero attached hydrogens (tertiary/aromatic N) is 4. The third-order valence-corrected chi connectivity index (χ3v) is 13.7. The first-order valence-corrected chi connectivity index (χ1v) is 22.3. The Balaban J connectivity index is 1.35. The molecule has 0 atom stereocenters. The molecule has 0 N–H and O–H groups in total. The summed E-state index contributed by atoms with van der Waals surface area (Å²) < 4.78 is 13.9. The van der Waals surface area contributed by atoms with Crippen LogP contribution >= 0.6 is 0 Å². The molecule has 0 fully saturated rings. The Morgan fingerprint density at radius 2 is 0.727 bits per heavy atom. The van der Waals surface area contributed by atoms with E-state index in [1.165, 1.54) is 0 Å². The first-order chi connectivity index (χ1) is 32.8. The second kappa shape index (κ2) is 13.9. The number of nitriles is 1.